The summed E-state index contributed by atoms with van der Waals surface area (Å²) in [6.45, 7) is 0. The van der Waals surface area contributed by atoms with Gasteiger partial charge in [-0.25, -0.2) is 0 Å². The molecule has 1 heteroatoms. The Morgan fingerprint density at radius 2 is 0.970 bits per heavy atom. The van der Waals surface area contributed by atoms with Gasteiger partial charge in [0.2, 0.25) is 0 Å². The molecular formula is C32H23N. The number of para-hydroxylation sites is 2. The van der Waals surface area contributed by atoms with Crippen LogP contribution in [0.4, 0.5) is 17.1 Å². The summed E-state index contributed by atoms with van der Waals surface area (Å²) in [7, 11) is 0. The molecule has 1 nitrogen and oxygen atoms in total. The zero-order chi connectivity index (χ0) is 22.0. The molecule has 6 rings (SSSR count). The van der Waals surface area contributed by atoms with Gasteiger partial charge in [-0.05, 0) is 75.1 Å². The van der Waals surface area contributed by atoms with Crippen LogP contribution < -0.4 is 4.90 Å². The summed E-state index contributed by atoms with van der Waals surface area (Å²) < 4.78 is 0. The highest BCUT2D eigenvalue weighted by Crippen LogP contribution is 2.37. The fourth-order valence-electron chi connectivity index (χ4n) is 4.62. The van der Waals surface area contributed by atoms with Crippen LogP contribution in [0, 0.1) is 0 Å². The third-order valence-corrected chi connectivity index (χ3v) is 6.21. The zero-order valence-electron chi connectivity index (χ0n) is 18.2. The molecule has 0 aliphatic rings. The summed E-state index contributed by atoms with van der Waals surface area (Å²) in [4.78, 5) is 2.30. The Bertz CT molecular complexity index is 1510. The van der Waals surface area contributed by atoms with E-state index in [-0.39, 0.29) is 0 Å². The van der Waals surface area contributed by atoms with Crippen LogP contribution in [0.5, 0.6) is 0 Å². The first kappa shape index (κ1) is 19.3. The van der Waals surface area contributed by atoms with Crippen LogP contribution in [-0.4, -0.2) is 0 Å². The minimum absolute atomic E-state index is 1.15. The average Bonchev–Trinajstić information content (AvgIpc) is 2.89. The van der Waals surface area contributed by atoms with Crippen LogP contribution in [0.2, 0.25) is 0 Å². The Kier molecular flexibility index (Phi) is 4.86. The van der Waals surface area contributed by atoms with E-state index in [1.165, 1.54) is 32.7 Å². The normalized spacial score (nSPS) is 11.0. The molecule has 0 spiro atoms. The number of rotatable bonds is 4. The Labute approximate surface area is 194 Å². The summed E-state index contributed by atoms with van der Waals surface area (Å²) in [5, 5.41) is 5.03. The first-order chi connectivity index (χ1) is 16.4. The second-order valence-corrected chi connectivity index (χ2v) is 8.28. The molecule has 0 fully saturated rings. The van der Waals surface area contributed by atoms with Crippen molar-refractivity contribution in [1.29, 1.82) is 0 Å². The number of fused-ring (bicyclic) bond motifs is 2. The standard InChI is InChI=1S/C32H23N/c1-3-12-28(13-4-1)33(29-14-5-2-6-15-29)30-21-20-25-22-27(19-18-26(25)23-30)32-17-9-11-24-10-7-8-16-31(24)32/h1-23H. The second-order valence-electron chi connectivity index (χ2n) is 8.28. The van der Waals surface area contributed by atoms with Crippen LogP contribution in [0.1, 0.15) is 0 Å². The van der Waals surface area contributed by atoms with Crippen molar-refractivity contribution in [3.8, 4) is 11.1 Å². The van der Waals surface area contributed by atoms with E-state index in [1.54, 1.807) is 0 Å². The lowest BCUT2D eigenvalue weighted by Crippen LogP contribution is -2.09. The van der Waals surface area contributed by atoms with Crippen LogP contribution in [-0.2, 0) is 0 Å². The van der Waals surface area contributed by atoms with Crippen molar-refractivity contribution in [3.63, 3.8) is 0 Å². The lowest BCUT2D eigenvalue weighted by atomic mass is 9.96. The van der Waals surface area contributed by atoms with E-state index in [1.807, 2.05) is 0 Å². The molecule has 0 aliphatic carbocycles. The molecule has 0 unspecified atom stereocenters. The molecule has 0 radical (unpaired) electrons. The molecule has 0 aliphatic heterocycles. The maximum atomic E-state index is 2.30. The number of nitrogens with zero attached hydrogens (tertiary/aromatic N) is 1. The van der Waals surface area contributed by atoms with Crippen molar-refractivity contribution in [1.82, 2.24) is 0 Å². The van der Waals surface area contributed by atoms with E-state index in [0.717, 1.165) is 17.1 Å². The van der Waals surface area contributed by atoms with E-state index < -0.39 is 0 Å². The largest absolute Gasteiger partial charge is 0.310 e. The molecule has 0 aromatic heterocycles. The fraction of sp³-hybridized carbons (Fsp3) is 0. The van der Waals surface area contributed by atoms with Crippen molar-refractivity contribution in [3.05, 3.63) is 140 Å². The van der Waals surface area contributed by atoms with E-state index in [9.17, 15) is 0 Å². The number of hydrogen-bond donors (Lipinski definition) is 0. The van der Waals surface area contributed by atoms with Gasteiger partial charge in [-0.1, -0.05) is 97.1 Å². The van der Waals surface area contributed by atoms with Crippen LogP contribution in [0.15, 0.2) is 140 Å². The first-order valence-corrected chi connectivity index (χ1v) is 11.3. The van der Waals surface area contributed by atoms with Gasteiger partial charge < -0.3 is 4.90 Å². The highest BCUT2D eigenvalue weighted by Gasteiger charge is 2.12. The van der Waals surface area contributed by atoms with E-state index in [0.29, 0.717) is 0 Å². The summed E-state index contributed by atoms with van der Waals surface area (Å²) >= 11 is 0. The van der Waals surface area contributed by atoms with Crippen molar-refractivity contribution < 1.29 is 0 Å². The lowest BCUT2D eigenvalue weighted by molar-refractivity contribution is 1.29. The minimum atomic E-state index is 1.15. The van der Waals surface area contributed by atoms with Gasteiger partial charge in [-0.2, -0.15) is 0 Å². The monoisotopic (exact) mass is 421 g/mol. The Balaban J connectivity index is 1.46. The maximum absolute atomic E-state index is 2.30. The third-order valence-electron chi connectivity index (χ3n) is 6.21. The van der Waals surface area contributed by atoms with Crippen molar-refractivity contribution >= 4 is 38.6 Å². The summed E-state index contributed by atoms with van der Waals surface area (Å²) in [6, 6.07) is 49.7. The molecule has 0 amide bonds. The SMILES string of the molecule is c1ccc(N(c2ccccc2)c2ccc3cc(-c4cccc5ccccc45)ccc3c2)cc1. The van der Waals surface area contributed by atoms with Gasteiger partial charge in [-0.3, -0.25) is 0 Å². The minimum Gasteiger partial charge on any atom is -0.310 e. The topological polar surface area (TPSA) is 3.24 Å². The quantitative estimate of drug-likeness (QED) is 0.274. The molecule has 6 aromatic rings. The molecule has 33 heavy (non-hydrogen) atoms. The van der Waals surface area contributed by atoms with E-state index in [4.69, 9.17) is 0 Å². The lowest BCUT2D eigenvalue weighted by Gasteiger charge is -2.25. The van der Waals surface area contributed by atoms with Crippen molar-refractivity contribution in [2.75, 3.05) is 4.90 Å². The van der Waals surface area contributed by atoms with Gasteiger partial charge in [0.15, 0.2) is 0 Å². The second kappa shape index (κ2) is 8.29. The van der Waals surface area contributed by atoms with E-state index in [2.05, 4.69) is 144 Å². The molecule has 0 N–H and O–H groups in total. The van der Waals surface area contributed by atoms with Gasteiger partial charge in [0.25, 0.3) is 0 Å². The smallest absolute Gasteiger partial charge is 0.0468 e. The van der Waals surface area contributed by atoms with Gasteiger partial charge in [0.1, 0.15) is 0 Å². The highest BCUT2D eigenvalue weighted by molar-refractivity contribution is 5.99. The maximum Gasteiger partial charge on any atom is 0.0468 e. The molecule has 0 saturated carbocycles. The Morgan fingerprint density at radius 1 is 0.364 bits per heavy atom. The van der Waals surface area contributed by atoms with Gasteiger partial charge >= 0.3 is 0 Å². The summed E-state index contributed by atoms with van der Waals surface area (Å²) in [5.74, 6) is 0. The molecular weight excluding hydrogens is 398 g/mol. The number of benzene rings is 6. The van der Waals surface area contributed by atoms with Gasteiger partial charge in [0, 0.05) is 17.1 Å². The van der Waals surface area contributed by atoms with Crippen molar-refractivity contribution in [2.24, 2.45) is 0 Å². The van der Waals surface area contributed by atoms with Crippen LogP contribution in [0.3, 0.4) is 0 Å². The molecule has 0 heterocycles. The van der Waals surface area contributed by atoms with Crippen LogP contribution >= 0.6 is 0 Å². The highest BCUT2D eigenvalue weighted by atomic mass is 15.1. The van der Waals surface area contributed by atoms with Gasteiger partial charge in [-0.15, -0.1) is 0 Å². The third kappa shape index (κ3) is 3.64. The number of anilines is 3. The van der Waals surface area contributed by atoms with E-state index >= 15 is 0 Å². The predicted molar refractivity (Wildman–Crippen MR) is 142 cm³/mol. The average molecular weight is 422 g/mol. The molecule has 0 bridgehead atoms. The number of hydrogen-bond acceptors (Lipinski definition) is 1. The predicted octanol–water partition coefficient (Wildman–Crippen LogP) is 9.13. The van der Waals surface area contributed by atoms with Gasteiger partial charge in [0.05, 0.1) is 0 Å². The molecule has 0 atom stereocenters. The summed E-state index contributed by atoms with van der Waals surface area (Å²) in [6.07, 6.45) is 0. The van der Waals surface area contributed by atoms with Crippen LogP contribution in [0.25, 0.3) is 32.7 Å². The Hall–Kier alpha value is -4.36. The fourth-order valence-corrected chi connectivity index (χ4v) is 4.62. The first-order valence-electron chi connectivity index (χ1n) is 11.3. The zero-order valence-corrected chi connectivity index (χ0v) is 18.2. The molecule has 0 saturated heterocycles. The van der Waals surface area contributed by atoms with Crippen molar-refractivity contribution in [2.45, 2.75) is 0 Å². The summed E-state index contributed by atoms with van der Waals surface area (Å²) in [5.41, 5.74) is 5.97. The molecule has 6 aromatic carbocycles. The molecule has 156 valence electrons. The Morgan fingerprint density at radius 3 is 1.73 bits per heavy atom.